The monoisotopic (exact) mass is 386 g/mol. The molecule has 6 nitrogen and oxygen atoms in total. The van der Waals surface area contributed by atoms with Gasteiger partial charge in [0.25, 0.3) is 0 Å². The van der Waals surface area contributed by atoms with Crippen molar-refractivity contribution in [2.24, 2.45) is 0 Å². The van der Waals surface area contributed by atoms with Gasteiger partial charge in [-0.3, -0.25) is 0 Å². The molecule has 0 radical (unpaired) electrons. The number of ether oxygens (including phenoxy) is 2. The van der Waals surface area contributed by atoms with E-state index in [0.717, 1.165) is 40.4 Å². The molecular formula is C23H22N4O2. The molecule has 0 saturated carbocycles. The summed E-state index contributed by atoms with van der Waals surface area (Å²) in [6, 6.07) is 26.0. The quantitative estimate of drug-likeness (QED) is 0.406. The van der Waals surface area contributed by atoms with Crippen LogP contribution in [-0.2, 0) is 11.3 Å². The molecular weight excluding hydrogens is 364 g/mol. The zero-order valence-electron chi connectivity index (χ0n) is 16.2. The fourth-order valence-electron chi connectivity index (χ4n) is 3.10. The summed E-state index contributed by atoms with van der Waals surface area (Å²) >= 11 is 0. The predicted molar refractivity (Wildman–Crippen MR) is 112 cm³/mol. The van der Waals surface area contributed by atoms with Crippen molar-refractivity contribution in [3.05, 3.63) is 78.9 Å². The first kappa shape index (κ1) is 18.8. The predicted octanol–water partition coefficient (Wildman–Crippen LogP) is 4.84. The van der Waals surface area contributed by atoms with Crippen molar-refractivity contribution >= 4 is 0 Å². The third-order valence-corrected chi connectivity index (χ3v) is 4.54. The maximum Gasteiger partial charge on any atom is 0.182 e. The first-order chi connectivity index (χ1) is 14.3. The number of hydrogen-bond donors (Lipinski definition) is 0. The van der Waals surface area contributed by atoms with E-state index in [4.69, 9.17) is 9.47 Å². The summed E-state index contributed by atoms with van der Waals surface area (Å²) in [5, 5.41) is 12.1. The molecule has 4 aromatic rings. The van der Waals surface area contributed by atoms with Crippen LogP contribution in [0.1, 0.15) is 6.42 Å². The first-order valence-corrected chi connectivity index (χ1v) is 9.52. The van der Waals surface area contributed by atoms with Crippen LogP contribution in [-0.4, -0.2) is 33.9 Å². The summed E-state index contributed by atoms with van der Waals surface area (Å²) in [7, 11) is 1.69. The minimum absolute atomic E-state index is 0.677. The Hall–Kier alpha value is -3.51. The van der Waals surface area contributed by atoms with E-state index >= 15 is 0 Å². The van der Waals surface area contributed by atoms with Crippen LogP contribution >= 0.6 is 0 Å². The van der Waals surface area contributed by atoms with Gasteiger partial charge in [-0.2, -0.15) is 0 Å². The Morgan fingerprint density at radius 1 is 0.793 bits per heavy atom. The molecule has 29 heavy (non-hydrogen) atoms. The molecule has 0 fully saturated rings. The van der Waals surface area contributed by atoms with Crippen molar-refractivity contribution in [1.82, 2.24) is 20.2 Å². The number of tetrazole rings is 1. The first-order valence-electron chi connectivity index (χ1n) is 9.52. The highest BCUT2D eigenvalue weighted by Crippen LogP contribution is 2.28. The zero-order valence-corrected chi connectivity index (χ0v) is 16.2. The molecule has 1 heterocycles. The molecule has 0 aliphatic rings. The van der Waals surface area contributed by atoms with Gasteiger partial charge in [-0.25, -0.2) is 4.68 Å². The van der Waals surface area contributed by atoms with E-state index in [9.17, 15) is 0 Å². The van der Waals surface area contributed by atoms with Crippen LogP contribution in [0.5, 0.6) is 11.5 Å². The topological polar surface area (TPSA) is 62.1 Å². The fourth-order valence-corrected chi connectivity index (χ4v) is 3.10. The second-order valence-corrected chi connectivity index (χ2v) is 6.59. The molecule has 0 amide bonds. The minimum Gasteiger partial charge on any atom is -0.457 e. The SMILES string of the molecule is COCCCn1nnnc1-c1cccc(-c2ccc(Oc3ccccc3)cc2)c1. The van der Waals surface area contributed by atoms with Gasteiger partial charge in [0, 0.05) is 25.8 Å². The van der Waals surface area contributed by atoms with Crippen molar-refractivity contribution in [2.75, 3.05) is 13.7 Å². The molecule has 3 aromatic carbocycles. The number of hydrogen-bond acceptors (Lipinski definition) is 5. The van der Waals surface area contributed by atoms with Gasteiger partial charge in [0.15, 0.2) is 5.82 Å². The van der Waals surface area contributed by atoms with Gasteiger partial charge < -0.3 is 9.47 Å². The lowest BCUT2D eigenvalue weighted by atomic mass is 10.0. The lowest BCUT2D eigenvalue weighted by molar-refractivity contribution is 0.189. The second kappa shape index (κ2) is 9.12. The molecule has 0 N–H and O–H groups in total. The second-order valence-electron chi connectivity index (χ2n) is 6.59. The summed E-state index contributed by atoms with van der Waals surface area (Å²) in [6.07, 6.45) is 0.858. The van der Waals surface area contributed by atoms with E-state index in [2.05, 4.69) is 39.8 Å². The highest BCUT2D eigenvalue weighted by molar-refractivity contribution is 5.70. The molecule has 0 atom stereocenters. The van der Waals surface area contributed by atoms with E-state index in [1.165, 1.54) is 0 Å². The molecule has 0 bridgehead atoms. The highest BCUT2D eigenvalue weighted by Gasteiger charge is 2.10. The average Bonchev–Trinajstić information content (AvgIpc) is 3.24. The molecule has 0 unspecified atom stereocenters. The molecule has 1 aromatic heterocycles. The molecule has 6 heteroatoms. The Bertz CT molecular complexity index is 1050. The number of rotatable bonds is 8. The molecule has 0 saturated heterocycles. The lowest BCUT2D eigenvalue weighted by Crippen LogP contribution is -2.05. The summed E-state index contributed by atoms with van der Waals surface area (Å²) in [5.74, 6) is 2.38. The van der Waals surface area contributed by atoms with E-state index in [-0.39, 0.29) is 0 Å². The summed E-state index contributed by atoms with van der Waals surface area (Å²) in [6.45, 7) is 1.39. The van der Waals surface area contributed by atoms with Crippen LogP contribution in [0.15, 0.2) is 78.9 Å². The smallest absolute Gasteiger partial charge is 0.182 e. The largest absolute Gasteiger partial charge is 0.457 e. The van der Waals surface area contributed by atoms with Gasteiger partial charge in [0.1, 0.15) is 11.5 Å². The summed E-state index contributed by atoms with van der Waals surface area (Å²) in [5.41, 5.74) is 3.18. The maximum atomic E-state index is 5.87. The number of methoxy groups -OCH3 is 1. The Kier molecular flexibility index (Phi) is 5.92. The number of para-hydroxylation sites is 1. The average molecular weight is 386 g/mol. The van der Waals surface area contributed by atoms with Crippen LogP contribution < -0.4 is 4.74 Å². The van der Waals surface area contributed by atoms with E-state index in [1.54, 1.807) is 7.11 Å². The van der Waals surface area contributed by atoms with Gasteiger partial charge in [0.05, 0.1) is 0 Å². The molecule has 0 aliphatic heterocycles. The highest BCUT2D eigenvalue weighted by atomic mass is 16.5. The van der Waals surface area contributed by atoms with Crippen molar-refractivity contribution in [2.45, 2.75) is 13.0 Å². The molecule has 146 valence electrons. The van der Waals surface area contributed by atoms with E-state index in [1.807, 2.05) is 59.3 Å². The van der Waals surface area contributed by atoms with Gasteiger partial charge in [-0.15, -0.1) is 5.10 Å². The Morgan fingerprint density at radius 2 is 1.55 bits per heavy atom. The van der Waals surface area contributed by atoms with Crippen LogP contribution in [0.2, 0.25) is 0 Å². The third kappa shape index (κ3) is 4.67. The Balaban J connectivity index is 1.53. The van der Waals surface area contributed by atoms with E-state index in [0.29, 0.717) is 13.2 Å². The van der Waals surface area contributed by atoms with Gasteiger partial charge in [0.2, 0.25) is 0 Å². The van der Waals surface area contributed by atoms with E-state index < -0.39 is 0 Å². The Labute approximate surface area is 169 Å². The number of aryl methyl sites for hydroxylation is 1. The standard InChI is InChI=1S/C23H22N4O2/c1-28-16-6-15-27-23(24-25-26-27)20-8-5-7-19(17-20)18-11-13-22(14-12-18)29-21-9-3-2-4-10-21/h2-5,7-14,17H,6,15-16H2,1H3. The normalized spacial score (nSPS) is 10.8. The summed E-state index contributed by atoms with van der Waals surface area (Å²) < 4.78 is 12.8. The van der Waals surface area contributed by atoms with Crippen molar-refractivity contribution in [3.8, 4) is 34.0 Å². The van der Waals surface area contributed by atoms with Gasteiger partial charge in [-0.05, 0) is 58.3 Å². The fraction of sp³-hybridized carbons (Fsp3) is 0.174. The number of benzene rings is 3. The lowest BCUT2D eigenvalue weighted by Gasteiger charge is -2.09. The van der Waals surface area contributed by atoms with Crippen molar-refractivity contribution in [3.63, 3.8) is 0 Å². The third-order valence-electron chi connectivity index (χ3n) is 4.54. The minimum atomic E-state index is 0.677. The van der Waals surface area contributed by atoms with Gasteiger partial charge >= 0.3 is 0 Å². The maximum absolute atomic E-state index is 5.87. The zero-order chi connectivity index (χ0) is 19.9. The van der Waals surface area contributed by atoms with Crippen LogP contribution in [0.25, 0.3) is 22.5 Å². The molecule has 0 aliphatic carbocycles. The molecule has 4 rings (SSSR count). The number of nitrogens with zero attached hydrogens (tertiary/aromatic N) is 4. The number of aromatic nitrogens is 4. The van der Waals surface area contributed by atoms with Crippen LogP contribution in [0, 0.1) is 0 Å². The summed E-state index contributed by atoms with van der Waals surface area (Å²) in [4.78, 5) is 0. The van der Waals surface area contributed by atoms with Crippen LogP contribution in [0.3, 0.4) is 0 Å². The van der Waals surface area contributed by atoms with Crippen LogP contribution in [0.4, 0.5) is 0 Å². The molecule has 0 spiro atoms. The van der Waals surface area contributed by atoms with Gasteiger partial charge in [-0.1, -0.05) is 48.5 Å². The van der Waals surface area contributed by atoms with Crippen molar-refractivity contribution < 1.29 is 9.47 Å². The van der Waals surface area contributed by atoms with Crippen molar-refractivity contribution in [1.29, 1.82) is 0 Å². The Morgan fingerprint density at radius 3 is 2.34 bits per heavy atom.